The van der Waals surface area contributed by atoms with Gasteiger partial charge in [-0.1, -0.05) is 19.3 Å². The number of amides is 1. The minimum atomic E-state index is 0.107. The molecule has 98 valence electrons. The average Bonchev–Trinajstić information content (AvgIpc) is 2.41. The lowest BCUT2D eigenvalue weighted by molar-refractivity contribution is -0.121. The third-order valence-electron chi connectivity index (χ3n) is 3.33. The lowest BCUT2D eigenvalue weighted by Gasteiger charge is -2.22. The first-order valence-corrected chi connectivity index (χ1v) is 6.73. The standard InChI is InChI=1S/C14H21N3O/c18-14(17-13-4-2-1-3-5-13)11-16-10-12-6-8-15-9-7-12/h6-9,13,16H,1-5,10-11H2,(H,17,18). The van der Waals surface area contributed by atoms with E-state index in [4.69, 9.17) is 0 Å². The molecular formula is C14H21N3O. The lowest BCUT2D eigenvalue weighted by Crippen LogP contribution is -2.41. The summed E-state index contributed by atoms with van der Waals surface area (Å²) in [7, 11) is 0. The molecule has 0 radical (unpaired) electrons. The van der Waals surface area contributed by atoms with Crippen molar-refractivity contribution in [2.45, 2.75) is 44.7 Å². The summed E-state index contributed by atoms with van der Waals surface area (Å²) in [5.41, 5.74) is 1.15. The molecule has 0 aliphatic heterocycles. The van der Waals surface area contributed by atoms with E-state index in [1.54, 1.807) is 12.4 Å². The molecule has 4 nitrogen and oxygen atoms in total. The number of aromatic nitrogens is 1. The predicted molar refractivity (Wildman–Crippen MR) is 71.0 cm³/mol. The summed E-state index contributed by atoms with van der Waals surface area (Å²) in [5.74, 6) is 0.107. The van der Waals surface area contributed by atoms with Crippen LogP contribution in [0.2, 0.25) is 0 Å². The van der Waals surface area contributed by atoms with E-state index in [9.17, 15) is 4.79 Å². The van der Waals surface area contributed by atoms with E-state index in [1.165, 1.54) is 19.3 Å². The Hall–Kier alpha value is -1.42. The highest BCUT2D eigenvalue weighted by Gasteiger charge is 2.14. The highest BCUT2D eigenvalue weighted by molar-refractivity contribution is 5.78. The van der Waals surface area contributed by atoms with Gasteiger partial charge in [0.15, 0.2) is 0 Å². The summed E-state index contributed by atoms with van der Waals surface area (Å²) in [5, 5.41) is 6.24. The normalized spacial score (nSPS) is 16.4. The van der Waals surface area contributed by atoms with Gasteiger partial charge in [0.05, 0.1) is 6.54 Å². The molecule has 2 N–H and O–H groups in total. The van der Waals surface area contributed by atoms with Crippen LogP contribution in [0.15, 0.2) is 24.5 Å². The van der Waals surface area contributed by atoms with Crippen molar-refractivity contribution in [2.75, 3.05) is 6.54 Å². The Balaban J connectivity index is 1.62. The molecule has 2 rings (SSSR count). The first-order valence-electron chi connectivity index (χ1n) is 6.73. The molecule has 0 aromatic carbocycles. The minimum Gasteiger partial charge on any atom is -0.352 e. The largest absolute Gasteiger partial charge is 0.352 e. The lowest BCUT2D eigenvalue weighted by atomic mass is 9.95. The number of carbonyl (C=O) groups excluding carboxylic acids is 1. The van der Waals surface area contributed by atoms with Crippen LogP contribution >= 0.6 is 0 Å². The Morgan fingerprint density at radius 1 is 1.22 bits per heavy atom. The fourth-order valence-corrected chi connectivity index (χ4v) is 2.35. The van der Waals surface area contributed by atoms with Crippen LogP contribution in [0, 0.1) is 0 Å². The molecule has 18 heavy (non-hydrogen) atoms. The summed E-state index contributed by atoms with van der Waals surface area (Å²) < 4.78 is 0. The minimum absolute atomic E-state index is 0.107. The third kappa shape index (κ3) is 4.45. The zero-order chi connectivity index (χ0) is 12.6. The number of hydrogen-bond donors (Lipinski definition) is 2. The van der Waals surface area contributed by atoms with E-state index in [0.29, 0.717) is 19.1 Å². The van der Waals surface area contributed by atoms with Crippen molar-refractivity contribution in [3.8, 4) is 0 Å². The highest BCUT2D eigenvalue weighted by Crippen LogP contribution is 2.17. The van der Waals surface area contributed by atoms with Gasteiger partial charge in [-0.3, -0.25) is 9.78 Å². The molecule has 1 aromatic rings. The number of nitrogens with one attached hydrogen (secondary N) is 2. The quantitative estimate of drug-likeness (QED) is 0.831. The molecular weight excluding hydrogens is 226 g/mol. The van der Waals surface area contributed by atoms with Gasteiger partial charge in [-0.25, -0.2) is 0 Å². The number of pyridine rings is 1. The number of nitrogens with zero attached hydrogens (tertiary/aromatic N) is 1. The Bertz CT molecular complexity index is 361. The number of carbonyl (C=O) groups is 1. The van der Waals surface area contributed by atoms with Gasteiger partial charge >= 0.3 is 0 Å². The summed E-state index contributed by atoms with van der Waals surface area (Å²) in [4.78, 5) is 15.7. The van der Waals surface area contributed by atoms with Crippen molar-refractivity contribution >= 4 is 5.91 Å². The molecule has 1 heterocycles. The maximum atomic E-state index is 11.7. The van der Waals surface area contributed by atoms with Gasteiger partial charge in [-0.2, -0.15) is 0 Å². The van der Waals surface area contributed by atoms with Gasteiger partial charge in [-0.15, -0.1) is 0 Å². The zero-order valence-electron chi connectivity index (χ0n) is 10.7. The van der Waals surface area contributed by atoms with Crippen LogP contribution in [0.1, 0.15) is 37.7 Å². The molecule has 0 spiro atoms. The second-order valence-electron chi connectivity index (χ2n) is 4.86. The summed E-state index contributed by atoms with van der Waals surface area (Å²) in [6, 6.07) is 4.30. The van der Waals surface area contributed by atoms with Crippen LogP contribution in [0.5, 0.6) is 0 Å². The van der Waals surface area contributed by atoms with Gasteiger partial charge < -0.3 is 10.6 Å². The molecule has 1 fully saturated rings. The van der Waals surface area contributed by atoms with E-state index in [-0.39, 0.29) is 5.91 Å². The Kier molecular flexibility index (Phi) is 5.15. The maximum absolute atomic E-state index is 11.7. The van der Waals surface area contributed by atoms with Crippen molar-refractivity contribution in [1.82, 2.24) is 15.6 Å². The molecule has 0 unspecified atom stereocenters. The summed E-state index contributed by atoms with van der Waals surface area (Å²) in [6.07, 6.45) is 9.60. The Morgan fingerprint density at radius 2 is 1.94 bits per heavy atom. The first kappa shape index (κ1) is 13.0. The van der Waals surface area contributed by atoms with Gasteiger partial charge in [0, 0.05) is 25.0 Å². The van der Waals surface area contributed by atoms with Crippen molar-refractivity contribution in [3.63, 3.8) is 0 Å². The molecule has 0 bridgehead atoms. The predicted octanol–water partition coefficient (Wildman–Crippen LogP) is 1.62. The average molecular weight is 247 g/mol. The van der Waals surface area contributed by atoms with Gasteiger partial charge in [0.25, 0.3) is 0 Å². The smallest absolute Gasteiger partial charge is 0.234 e. The topological polar surface area (TPSA) is 54.0 Å². The second-order valence-corrected chi connectivity index (χ2v) is 4.86. The van der Waals surface area contributed by atoms with Crippen molar-refractivity contribution in [3.05, 3.63) is 30.1 Å². The van der Waals surface area contributed by atoms with Crippen LogP contribution < -0.4 is 10.6 Å². The Morgan fingerprint density at radius 3 is 2.67 bits per heavy atom. The van der Waals surface area contributed by atoms with Gasteiger partial charge in [-0.05, 0) is 30.5 Å². The maximum Gasteiger partial charge on any atom is 0.234 e. The molecule has 0 atom stereocenters. The second kappa shape index (κ2) is 7.11. The fraction of sp³-hybridized carbons (Fsp3) is 0.571. The first-order chi connectivity index (χ1) is 8.84. The van der Waals surface area contributed by atoms with Crippen molar-refractivity contribution in [1.29, 1.82) is 0 Å². The van der Waals surface area contributed by atoms with Gasteiger partial charge in [0.2, 0.25) is 5.91 Å². The molecule has 0 saturated heterocycles. The third-order valence-corrected chi connectivity index (χ3v) is 3.33. The van der Waals surface area contributed by atoms with Crippen LogP contribution in [-0.2, 0) is 11.3 Å². The van der Waals surface area contributed by atoms with Crippen LogP contribution in [0.3, 0.4) is 0 Å². The van der Waals surface area contributed by atoms with Crippen molar-refractivity contribution < 1.29 is 4.79 Å². The van der Waals surface area contributed by atoms with E-state index in [1.807, 2.05) is 12.1 Å². The number of rotatable bonds is 5. The number of hydrogen-bond acceptors (Lipinski definition) is 3. The van der Waals surface area contributed by atoms with Crippen LogP contribution in [0.25, 0.3) is 0 Å². The fourth-order valence-electron chi connectivity index (χ4n) is 2.35. The molecule has 1 saturated carbocycles. The van der Waals surface area contributed by atoms with E-state index >= 15 is 0 Å². The summed E-state index contributed by atoms with van der Waals surface area (Å²) in [6.45, 7) is 1.10. The van der Waals surface area contributed by atoms with Crippen LogP contribution in [-0.4, -0.2) is 23.5 Å². The molecule has 1 aliphatic carbocycles. The van der Waals surface area contributed by atoms with E-state index in [2.05, 4.69) is 15.6 Å². The molecule has 4 heteroatoms. The van der Waals surface area contributed by atoms with E-state index < -0.39 is 0 Å². The SMILES string of the molecule is O=C(CNCc1ccncc1)NC1CCCCC1. The van der Waals surface area contributed by atoms with Crippen LogP contribution in [0.4, 0.5) is 0 Å². The monoisotopic (exact) mass is 247 g/mol. The van der Waals surface area contributed by atoms with Crippen molar-refractivity contribution in [2.24, 2.45) is 0 Å². The Labute approximate surface area is 108 Å². The van der Waals surface area contributed by atoms with E-state index in [0.717, 1.165) is 18.4 Å². The highest BCUT2D eigenvalue weighted by atomic mass is 16.1. The molecule has 1 aliphatic rings. The summed E-state index contributed by atoms with van der Waals surface area (Å²) >= 11 is 0. The van der Waals surface area contributed by atoms with Gasteiger partial charge in [0.1, 0.15) is 0 Å². The molecule has 1 aromatic heterocycles. The molecule has 1 amide bonds. The zero-order valence-corrected chi connectivity index (χ0v) is 10.7.